The molecular weight excluding hydrogens is 240 g/mol. The van der Waals surface area contributed by atoms with Crippen LogP contribution in [0.25, 0.3) is 0 Å². The van der Waals surface area contributed by atoms with E-state index in [0.717, 1.165) is 12.8 Å². The van der Waals surface area contributed by atoms with Gasteiger partial charge in [-0.05, 0) is 30.9 Å². The van der Waals surface area contributed by atoms with Crippen molar-refractivity contribution < 1.29 is 9.90 Å². The van der Waals surface area contributed by atoms with Crippen LogP contribution in [0.5, 0.6) is 0 Å². The summed E-state index contributed by atoms with van der Waals surface area (Å²) in [4.78, 5) is 17.6. The standard InChI is InChI=1S/C12H15ClN2O2/c1-15(7-8-5-9(16)6-8)12(17)10-3-2-4-14-11(10)13/h2-4,8-9,16H,5-7H2,1H3. The van der Waals surface area contributed by atoms with Gasteiger partial charge in [-0.3, -0.25) is 4.79 Å². The van der Waals surface area contributed by atoms with Crippen LogP contribution in [0.2, 0.25) is 5.15 Å². The van der Waals surface area contributed by atoms with Crippen LogP contribution in [-0.2, 0) is 0 Å². The van der Waals surface area contributed by atoms with Gasteiger partial charge >= 0.3 is 0 Å². The molecule has 17 heavy (non-hydrogen) atoms. The molecule has 1 N–H and O–H groups in total. The van der Waals surface area contributed by atoms with E-state index in [9.17, 15) is 9.90 Å². The minimum absolute atomic E-state index is 0.121. The van der Waals surface area contributed by atoms with Gasteiger partial charge in [0.25, 0.3) is 5.91 Å². The van der Waals surface area contributed by atoms with Crippen molar-refractivity contribution in [2.24, 2.45) is 5.92 Å². The van der Waals surface area contributed by atoms with E-state index < -0.39 is 0 Å². The molecular formula is C12H15ClN2O2. The molecule has 1 saturated carbocycles. The molecule has 1 fully saturated rings. The van der Waals surface area contributed by atoms with Gasteiger partial charge in [-0.25, -0.2) is 4.98 Å². The fourth-order valence-corrected chi connectivity index (χ4v) is 2.27. The Kier molecular flexibility index (Phi) is 3.64. The average molecular weight is 255 g/mol. The monoisotopic (exact) mass is 254 g/mol. The first-order chi connectivity index (χ1) is 8.08. The third-order valence-corrected chi connectivity index (χ3v) is 3.38. The first kappa shape index (κ1) is 12.3. The summed E-state index contributed by atoms with van der Waals surface area (Å²) in [7, 11) is 1.75. The maximum Gasteiger partial charge on any atom is 0.256 e. The summed E-state index contributed by atoms with van der Waals surface area (Å²) in [5.41, 5.74) is 0.427. The molecule has 0 aromatic carbocycles. The van der Waals surface area contributed by atoms with Gasteiger partial charge < -0.3 is 10.0 Å². The molecule has 0 aliphatic heterocycles. The Morgan fingerprint density at radius 2 is 2.35 bits per heavy atom. The second-order valence-corrected chi connectivity index (χ2v) is 4.88. The molecule has 5 heteroatoms. The van der Waals surface area contributed by atoms with Crippen LogP contribution in [0, 0.1) is 5.92 Å². The van der Waals surface area contributed by atoms with E-state index >= 15 is 0 Å². The smallest absolute Gasteiger partial charge is 0.256 e. The number of rotatable bonds is 3. The molecule has 0 unspecified atom stereocenters. The molecule has 0 bridgehead atoms. The highest BCUT2D eigenvalue weighted by Gasteiger charge is 2.29. The van der Waals surface area contributed by atoms with Gasteiger partial charge in [0.2, 0.25) is 0 Å². The molecule has 0 saturated heterocycles. The highest BCUT2D eigenvalue weighted by atomic mass is 35.5. The van der Waals surface area contributed by atoms with E-state index in [1.165, 1.54) is 0 Å². The van der Waals surface area contributed by atoms with Crippen LogP contribution in [-0.4, -0.2) is 40.6 Å². The third kappa shape index (κ3) is 2.76. The van der Waals surface area contributed by atoms with E-state index in [-0.39, 0.29) is 17.2 Å². The van der Waals surface area contributed by atoms with Gasteiger partial charge in [-0.2, -0.15) is 0 Å². The van der Waals surface area contributed by atoms with Crippen molar-refractivity contribution in [3.05, 3.63) is 29.0 Å². The van der Waals surface area contributed by atoms with E-state index in [4.69, 9.17) is 11.6 Å². The number of hydrogen-bond acceptors (Lipinski definition) is 3. The van der Waals surface area contributed by atoms with Crippen molar-refractivity contribution in [3.8, 4) is 0 Å². The highest BCUT2D eigenvalue weighted by Crippen LogP contribution is 2.28. The first-order valence-electron chi connectivity index (χ1n) is 5.62. The lowest BCUT2D eigenvalue weighted by molar-refractivity contribution is 0.0265. The summed E-state index contributed by atoms with van der Waals surface area (Å²) >= 11 is 5.87. The number of hydrogen-bond donors (Lipinski definition) is 1. The fourth-order valence-electron chi connectivity index (χ4n) is 2.07. The number of aliphatic hydroxyl groups excluding tert-OH is 1. The Bertz CT molecular complexity index is 419. The van der Waals surface area contributed by atoms with Crippen molar-refractivity contribution >= 4 is 17.5 Å². The third-order valence-electron chi connectivity index (χ3n) is 3.08. The van der Waals surface area contributed by atoms with Gasteiger partial charge in [-0.1, -0.05) is 11.6 Å². The first-order valence-corrected chi connectivity index (χ1v) is 5.99. The van der Waals surface area contributed by atoms with Crippen LogP contribution in [0.3, 0.4) is 0 Å². The number of pyridine rings is 1. The normalized spacial score (nSPS) is 23.0. The Balaban J connectivity index is 1.97. The zero-order valence-electron chi connectivity index (χ0n) is 9.64. The van der Waals surface area contributed by atoms with E-state index in [1.54, 1.807) is 30.3 Å². The number of nitrogens with zero attached hydrogens (tertiary/aromatic N) is 2. The van der Waals surface area contributed by atoms with E-state index in [1.807, 2.05) is 0 Å². The molecule has 0 atom stereocenters. The van der Waals surface area contributed by atoms with Crippen LogP contribution < -0.4 is 0 Å². The van der Waals surface area contributed by atoms with Crippen LogP contribution in [0.4, 0.5) is 0 Å². The van der Waals surface area contributed by atoms with Gasteiger partial charge in [0.15, 0.2) is 0 Å². The zero-order valence-corrected chi connectivity index (χ0v) is 10.4. The van der Waals surface area contributed by atoms with Crippen molar-refractivity contribution in [1.29, 1.82) is 0 Å². The van der Waals surface area contributed by atoms with Crippen molar-refractivity contribution in [2.75, 3.05) is 13.6 Å². The van der Waals surface area contributed by atoms with E-state index in [0.29, 0.717) is 18.0 Å². The zero-order chi connectivity index (χ0) is 12.4. The minimum Gasteiger partial charge on any atom is -0.393 e. The molecule has 1 aromatic heterocycles. The average Bonchev–Trinajstić information content (AvgIpc) is 2.26. The van der Waals surface area contributed by atoms with Gasteiger partial charge in [-0.15, -0.1) is 0 Å². The van der Waals surface area contributed by atoms with E-state index in [2.05, 4.69) is 4.98 Å². The molecule has 0 radical (unpaired) electrons. The molecule has 0 spiro atoms. The van der Waals surface area contributed by atoms with Crippen LogP contribution in [0.1, 0.15) is 23.2 Å². The topological polar surface area (TPSA) is 53.4 Å². The summed E-state index contributed by atoms with van der Waals surface area (Å²) in [6.07, 6.45) is 2.92. The molecule has 1 amide bonds. The summed E-state index contributed by atoms with van der Waals surface area (Å²) in [6.45, 7) is 0.654. The van der Waals surface area contributed by atoms with Crippen molar-refractivity contribution in [2.45, 2.75) is 18.9 Å². The number of aliphatic hydroxyl groups is 1. The number of aromatic nitrogens is 1. The molecule has 4 nitrogen and oxygen atoms in total. The summed E-state index contributed by atoms with van der Waals surface area (Å²) in [5.74, 6) is 0.277. The fraction of sp³-hybridized carbons (Fsp3) is 0.500. The summed E-state index contributed by atoms with van der Waals surface area (Å²) in [5, 5.41) is 9.43. The van der Waals surface area contributed by atoms with Gasteiger partial charge in [0.1, 0.15) is 5.15 Å². The lowest BCUT2D eigenvalue weighted by atomic mass is 9.82. The number of amides is 1. The summed E-state index contributed by atoms with van der Waals surface area (Å²) < 4.78 is 0. The molecule has 1 heterocycles. The Hall–Kier alpha value is -1.13. The predicted molar refractivity (Wildman–Crippen MR) is 64.9 cm³/mol. The van der Waals surface area contributed by atoms with Crippen LogP contribution >= 0.6 is 11.6 Å². The second-order valence-electron chi connectivity index (χ2n) is 4.52. The second kappa shape index (κ2) is 5.02. The molecule has 1 aliphatic carbocycles. The quantitative estimate of drug-likeness (QED) is 0.834. The highest BCUT2D eigenvalue weighted by molar-refractivity contribution is 6.32. The predicted octanol–water partition coefficient (Wildman–Crippen LogP) is 1.58. The Labute approximate surface area is 105 Å². The Morgan fingerprint density at radius 1 is 1.65 bits per heavy atom. The largest absolute Gasteiger partial charge is 0.393 e. The molecule has 1 aliphatic rings. The molecule has 1 aromatic rings. The van der Waals surface area contributed by atoms with Crippen LogP contribution in [0.15, 0.2) is 18.3 Å². The number of halogens is 1. The summed E-state index contributed by atoms with van der Waals surface area (Å²) in [6, 6.07) is 3.36. The maximum atomic E-state index is 12.1. The molecule has 92 valence electrons. The van der Waals surface area contributed by atoms with Crippen molar-refractivity contribution in [3.63, 3.8) is 0 Å². The SMILES string of the molecule is CN(CC1CC(O)C1)C(=O)c1cccnc1Cl. The van der Waals surface area contributed by atoms with Gasteiger partial charge in [0, 0.05) is 19.8 Å². The van der Waals surface area contributed by atoms with Gasteiger partial charge in [0.05, 0.1) is 11.7 Å². The maximum absolute atomic E-state index is 12.1. The lowest BCUT2D eigenvalue weighted by Gasteiger charge is -2.34. The number of carbonyl (C=O) groups excluding carboxylic acids is 1. The minimum atomic E-state index is -0.189. The Morgan fingerprint density at radius 3 is 2.94 bits per heavy atom. The number of carbonyl (C=O) groups is 1. The molecule has 2 rings (SSSR count). The van der Waals surface area contributed by atoms with Crippen molar-refractivity contribution in [1.82, 2.24) is 9.88 Å². The lowest BCUT2D eigenvalue weighted by Crippen LogP contribution is -2.39.